The first-order chi connectivity index (χ1) is 7.67. The van der Waals surface area contributed by atoms with Gasteiger partial charge < -0.3 is 5.73 Å². The van der Waals surface area contributed by atoms with Crippen molar-refractivity contribution in [2.75, 3.05) is 13.1 Å². The molecular formula is C15H32N2. The second-order valence-corrected chi connectivity index (χ2v) is 7.33. The third-order valence-electron chi connectivity index (χ3n) is 4.39. The molecule has 1 rings (SSSR count). The van der Waals surface area contributed by atoms with Gasteiger partial charge in [0, 0.05) is 24.7 Å². The Balaban J connectivity index is 2.87. The highest BCUT2D eigenvalue weighted by molar-refractivity contribution is 4.92. The zero-order valence-corrected chi connectivity index (χ0v) is 12.7. The van der Waals surface area contributed by atoms with Crippen LogP contribution in [0.5, 0.6) is 0 Å². The van der Waals surface area contributed by atoms with Crippen LogP contribution in [0.3, 0.4) is 0 Å². The average Bonchev–Trinajstić information content (AvgIpc) is 2.13. The van der Waals surface area contributed by atoms with Gasteiger partial charge in [-0.05, 0) is 51.4 Å². The highest BCUT2D eigenvalue weighted by Crippen LogP contribution is 2.36. The highest BCUT2D eigenvalue weighted by Gasteiger charge is 2.36. The Hall–Kier alpha value is -0.0800. The molecule has 0 radical (unpaired) electrons. The third-order valence-corrected chi connectivity index (χ3v) is 4.39. The van der Waals surface area contributed by atoms with Gasteiger partial charge in [-0.3, -0.25) is 4.90 Å². The number of rotatable bonds is 2. The van der Waals surface area contributed by atoms with Crippen LogP contribution in [0, 0.1) is 11.3 Å². The first-order valence-electron chi connectivity index (χ1n) is 7.20. The highest BCUT2D eigenvalue weighted by atomic mass is 15.2. The molecular weight excluding hydrogens is 208 g/mol. The predicted molar refractivity (Wildman–Crippen MR) is 76.1 cm³/mol. The van der Waals surface area contributed by atoms with E-state index in [-0.39, 0.29) is 5.54 Å². The smallest absolute Gasteiger partial charge is 0.0257 e. The van der Waals surface area contributed by atoms with E-state index in [1.54, 1.807) is 0 Å². The van der Waals surface area contributed by atoms with E-state index in [4.69, 9.17) is 5.73 Å². The van der Waals surface area contributed by atoms with E-state index in [1.807, 2.05) is 0 Å². The van der Waals surface area contributed by atoms with Crippen molar-refractivity contribution in [3.8, 4) is 0 Å². The van der Waals surface area contributed by atoms with Gasteiger partial charge >= 0.3 is 0 Å². The van der Waals surface area contributed by atoms with Crippen molar-refractivity contribution >= 4 is 0 Å². The standard InChI is InChI=1S/C15H32N2/c1-7-14(5)8-13(4)9-15(6,16)11-17(10-14)12(2)3/h12-13H,7-11,16H2,1-6H3. The van der Waals surface area contributed by atoms with Crippen molar-refractivity contribution < 1.29 is 0 Å². The summed E-state index contributed by atoms with van der Waals surface area (Å²) in [6, 6.07) is 0.595. The first kappa shape index (κ1) is 15.0. The molecule has 17 heavy (non-hydrogen) atoms. The lowest BCUT2D eigenvalue weighted by molar-refractivity contribution is 0.0568. The van der Waals surface area contributed by atoms with E-state index in [0.717, 1.165) is 18.9 Å². The van der Waals surface area contributed by atoms with Gasteiger partial charge in [0.1, 0.15) is 0 Å². The molecule has 102 valence electrons. The summed E-state index contributed by atoms with van der Waals surface area (Å²) in [6.07, 6.45) is 3.72. The summed E-state index contributed by atoms with van der Waals surface area (Å²) < 4.78 is 0. The fourth-order valence-corrected chi connectivity index (χ4v) is 3.47. The fourth-order valence-electron chi connectivity index (χ4n) is 3.47. The second-order valence-electron chi connectivity index (χ2n) is 7.33. The summed E-state index contributed by atoms with van der Waals surface area (Å²) in [5, 5.41) is 0. The number of nitrogens with two attached hydrogens (primary N) is 1. The van der Waals surface area contributed by atoms with Crippen LogP contribution < -0.4 is 5.73 Å². The number of hydrogen-bond donors (Lipinski definition) is 1. The molecule has 0 spiro atoms. The maximum Gasteiger partial charge on any atom is 0.0257 e. The van der Waals surface area contributed by atoms with Gasteiger partial charge in [0.25, 0.3) is 0 Å². The maximum absolute atomic E-state index is 6.45. The Morgan fingerprint density at radius 2 is 1.82 bits per heavy atom. The Kier molecular flexibility index (Phi) is 4.65. The van der Waals surface area contributed by atoms with Crippen LogP contribution in [0.15, 0.2) is 0 Å². The van der Waals surface area contributed by atoms with Crippen LogP contribution in [0.2, 0.25) is 0 Å². The average molecular weight is 240 g/mol. The SMILES string of the molecule is CCC1(C)CC(C)CC(C)(N)CN(C(C)C)C1. The number of nitrogens with zero attached hydrogens (tertiary/aromatic N) is 1. The number of hydrogen-bond acceptors (Lipinski definition) is 2. The maximum atomic E-state index is 6.45. The van der Waals surface area contributed by atoms with Gasteiger partial charge in [-0.1, -0.05) is 20.8 Å². The molecule has 1 saturated heterocycles. The minimum atomic E-state index is -0.0290. The molecule has 0 aromatic heterocycles. The molecule has 1 fully saturated rings. The van der Waals surface area contributed by atoms with Gasteiger partial charge in [0.15, 0.2) is 0 Å². The van der Waals surface area contributed by atoms with E-state index in [0.29, 0.717) is 11.5 Å². The van der Waals surface area contributed by atoms with Crippen molar-refractivity contribution in [2.45, 2.75) is 72.4 Å². The van der Waals surface area contributed by atoms with Crippen molar-refractivity contribution in [2.24, 2.45) is 17.1 Å². The van der Waals surface area contributed by atoms with Crippen LogP contribution in [0.25, 0.3) is 0 Å². The topological polar surface area (TPSA) is 29.3 Å². The molecule has 3 atom stereocenters. The Morgan fingerprint density at radius 3 is 2.29 bits per heavy atom. The van der Waals surface area contributed by atoms with Gasteiger partial charge in [-0.15, -0.1) is 0 Å². The normalized spacial score (nSPS) is 41.3. The fraction of sp³-hybridized carbons (Fsp3) is 1.00. The minimum absolute atomic E-state index is 0.0290. The Labute approximate surface area is 108 Å². The van der Waals surface area contributed by atoms with Crippen molar-refractivity contribution in [3.63, 3.8) is 0 Å². The summed E-state index contributed by atoms with van der Waals surface area (Å²) in [4.78, 5) is 2.58. The molecule has 0 aromatic rings. The van der Waals surface area contributed by atoms with Crippen LogP contribution in [-0.2, 0) is 0 Å². The van der Waals surface area contributed by atoms with Gasteiger partial charge in [-0.25, -0.2) is 0 Å². The van der Waals surface area contributed by atoms with Crippen LogP contribution in [-0.4, -0.2) is 29.6 Å². The third kappa shape index (κ3) is 4.26. The van der Waals surface area contributed by atoms with E-state index in [9.17, 15) is 0 Å². The molecule has 2 nitrogen and oxygen atoms in total. The zero-order valence-electron chi connectivity index (χ0n) is 12.7. The molecule has 0 bridgehead atoms. The van der Waals surface area contributed by atoms with E-state index in [1.165, 1.54) is 19.4 Å². The molecule has 2 heteroatoms. The van der Waals surface area contributed by atoms with Crippen molar-refractivity contribution in [1.82, 2.24) is 4.90 Å². The second kappa shape index (κ2) is 5.27. The molecule has 1 heterocycles. The molecule has 0 amide bonds. The minimum Gasteiger partial charge on any atom is -0.324 e. The molecule has 3 unspecified atom stereocenters. The molecule has 0 saturated carbocycles. The lowest BCUT2D eigenvalue weighted by Gasteiger charge is -2.46. The Bertz CT molecular complexity index is 247. The molecule has 1 aliphatic rings. The summed E-state index contributed by atoms with van der Waals surface area (Å²) in [7, 11) is 0. The van der Waals surface area contributed by atoms with E-state index < -0.39 is 0 Å². The number of likely N-dealkylation sites (tertiary alicyclic amines) is 1. The molecule has 1 aliphatic heterocycles. The van der Waals surface area contributed by atoms with Crippen LogP contribution in [0.1, 0.15) is 60.8 Å². The molecule has 2 N–H and O–H groups in total. The van der Waals surface area contributed by atoms with E-state index >= 15 is 0 Å². The van der Waals surface area contributed by atoms with Crippen LogP contribution in [0.4, 0.5) is 0 Å². The largest absolute Gasteiger partial charge is 0.324 e. The van der Waals surface area contributed by atoms with Gasteiger partial charge in [0.05, 0.1) is 0 Å². The zero-order chi connectivity index (χ0) is 13.3. The first-order valence-corrected chi connectivity index (χ1v) is 7.20. The molecule has 0 aromatic carbocycles. The van der Waals surface area contributed by atoms with Crippen LogP contribution >= 0.6 is 0 Å². The quantitative estimate of drug-likeness (QED) is 0.803. The predicted octanol–water partition coefficient (Wildman–Crippen LogP) is 3.26. The lowest BCUT2D eigenvalue weighted by Crippen LogP contribution is -2.55. The summed E-state index contributed by atoms with van der Waals surface area (Å²) in [5.74, 6) is 0.740. The van der Waals surface area contributed by atoms with E-state index in [2.05, 4.69) is 46.4 Å². The molecule has 0 aliphatic carbocycles. The van der Waals surface area contributed by atoms with Crippen molar-refractivity contribution in [1.29, 1.82) is 0 Å². The summed E-state index contributed by atoms with van der Waals surface area (Å²) in [5.41, 5.74) is 6.88. The van der Waals surface area contributed by atoms with Crippen molar-refractivity contribution in [3.05, 3.63) is 0 Å². The van der Waals surface area contributed by atoms with Gasteiger partial charge in [0.2, 0.25) is 0 Å². The lowest BCUT2D eigenvalue weighted by atomic mass is 9.73. The Morgan fingerprint density at radius 1 is 1.24 bits per heavy atom. The summed E-state index contributed by atoms with van der Waals surface area (Å²) in [6.45, 7) is 16.2. The summed E-state index contributed by atoms with van der Waals surface area (Å²) >= 11 is 0. The monoisotopic (exact) mass is 240 g/mol. The van der Waals surface area contributed by atoms with Gasteiger partial charge in [-0.2, -0.15) is 0 Å².